The average Bonchev–Trinajstić information content (AvgIpc) is 3.26. The third-order valence-corrected chi connectivity index (χ3v) is 6.78. The molecule has 0 aromatic heterocycles. The molecule has 0 radical (unpaired) electrons. The lowest BCUT2D eigenvalue weighted by molar-refractivity contribution is -0.0498. The minimum atomic E-state index is -3.84. The molecule has 0 saturated heterocycles. The highest BCUT2D eigenvalue weighted by atomic mass is 32.2. The quantitative estimate of drug-likeness (QED) is 0.557. The Labute approximate surface area is 186 Å². The lowest BCUT2D eigenvalue weighted by Gasteiger charge is -2.16. The van der Waals surface area contributed by atoms with Gasteiger partial charge in [0.2, 0.25) is 10.0 Å². The van der Waals surface area contributed by atoms with Crippen LogP contribution in [0.3, 0.4) is 0 Å². The number of carbonyl (C=O) groups is 1. The van der Waals surface area contributed by atoms with E-state index in [1.54, 1.807) is 12.1 Å². The number of hydrogen-bond donors (Lipinski definition) is 2. The Morgan fingerprint density at radius 1 is 1.12 bits per heavy atom. The van der Waals surface area contributed by atoms with Crippen LogP contribution in [0.5, 0.6) is 11.5 Å². The standard InChI is InChI=1S/C22H26F2N2O5S/c1-30-19-11-8-16(14-20(19)32(28,29)26-17-4-2-3-5-17)21(27)25-13-12-15-6-9-18(10-7-15)31-22(23)24/h6-11,14,17,22,26H,2-5,12-13H2,1H3,(H,25,27). The van der Waals surface area contributed by atoms with Crippen LogP contribution in [0.25, 0.3) is 0 Å². The zero-order chi connectivity index (χ0) is 23.1. The van der Waals surface area contributed by atoms with Gasteiger partial charge in [-0.15, -0.1) is 0 Å². The van der Waals surface area contributed by atoms with Crippen LogP contribution >= 0.6 is 0 Å². The molecule has 2 N–H and O–H groups in total. The van der Waals surface area contributed by atoms with Crippen molar-refractivity contribution >= 4 is 15.9 Å². The van der Waals surface area contributed by atoms with E-state index in [4.69, 9.17) is 4.74 Å². The highest BCUT2D eigenvalue weighted by Gasteiger charge is 2.26. The molecule has 1 aliphatic carbocycles. The van der Waals surface area contributed by atoms with Crippen molar-refractivity contribution in [3.8, 4) is 11.5 Å². The Balaban J connectivity index is 1.63. The first-order valence-corrected chi connectivity index (χ1v) is 11.8. The van der Waals surface area contributed by atoms with Gasteiger partial charge in [-0.1, -0.05) is 25.0 Å². The van der Waals surface area contributed by atoms with Gasteiger partial charge in [0.15, 0.2) is 0 Å². The van der Waals surface area contributed by atoms with Crippen LogP contribution in [0.15, 0.2) is 47.4 Å². The van der Waals surface area contributed by atoms with Gasteiger partial charge in [-0.25, -0.2) is 13.1 Å². The highest BCUT2D eigenvalue weighted by Crippen LogP contribution is 2.27. The zero-order valence-corrected chi connectivity index (χ0v) is 18.5. The largest absolute Gasteiger partial charge is 0.495 e. The number of amides is 1. The third kappa shape index (κ3) is 6.39. The fourth-order valence-electron chi connectivity index (χ4n) is 3.61. The second-order valence-electron chi connectivity index (χ2n) is 7.50. The molecule has 0 unspecified atom stereocenters. The molecular weight excluding hydrogens is 442 g/mol. The van der Waals surface area contributed by atoms with E-state index in [0.29, 0.717) is 6.42 Å². The predicted molar refractivity (Wildman–Crippen MR) is 115 cm³/mol. The maximum Gasteiger partial charge on any atom is 0.387 e. The van der Waals surface area contributed by atoms with Crippen LogP contribution < -0.4 is 19.5 Å². The minimum absolute atomic E-state index is 0.0611. The summed E-state index contributed by atoms with van der Waals surface area (Å²) in [6.45, 7) is -2.60. The van der Waals surface area contributed by atoms with Gasteiger partial charge in [0.1, 0.15) is 16.4 Å². The number of nitrogens with one attached hydrogen (secondary N) is 2. The first kappa shape index (κ1) is 23.9. The Hall–Kier alpha value is -2.72. The number of rotatable bonds is 10. The SMILES string of the molecule is COc1ccc(C(=O)NCCc2ccc(OC(F)F)cc2)cc1S(=O)(=O)NC1CCCC1. The number of ether oxygens (including phenoxy) is 2. The fourth-order valence-corrected chi connectivity index (χ4v) is 5.11. The van der Waals surface area contributed by atoms with E-state index in [9.17, 15) is 22.0 Å². The molecular formula is C22H26F2N2O5S. The van der Waals surface area contributed by atoms with Crippen molar-refractivity contribution in [3.63, 3.8) is 0 Å². The maximum absolute atomic E-state index is 12.9. The van der Waals surface area contributed by atoms with Gasteiger partial charge in [-0.3, -0.25) is 4.79 Å². The molecule has 174 valence electrons. The molecule has 0 aliphatic heterocycles. The van der Waals surface area contributed by atoms with E-state index in [2.05, 4.69) is 14.8 Å². The van der Waals surface area contributed by atoms with Gasteiger partial charge in [-0.05, 0) is 55.2 Å². The summed E-state index contributed by atoms with van der Waals surface area (Å²) >= 11 is 0. The number of alkyl halides is 2. The normalized spacial score (nSPS) is 14.5. The van der Waals surface area contributed by atoms with E-state index in [0.717, 1.165) is 31.2 Å². The van der Waals surface area contributed by atoms with Gasteiger partial charge in [0.25, 0.3) is 5.91 Å². The number of hydrogen-bond acceptors (Lipinski definition) is 5. The summed E-state index contributed by atoms with van der Waals surface area (Å²) in [6.07, 6.45) is 4.00. The van der Waals surface area contributed by atoms with Crippen LogP contribution in [-0.2, 0) is 16.4 Å². The van der Waals surface area contributed by atoms with E-state index < -0.39 is 22.5 Å². The molecule has 1 amide bonds. The molecule has 7 nitrogen and oxygen atoms in total. The Morgan fingerprint density at radius 2 is 1.81 bits per heavy atom. The fraction of sp³-hybridized carbons (Fsp3) is 0.409. The summed E-state index contributed by atoms with van der Waals surface area (Å²) in [5, 5.41) is 2.74. The Kier molecular flexibility index (Phi) is 8.03. The summed E-state index contributed by atoms with van der Waals surface area (Å²) in [4.78, 5) is 12.5. The van der Waals surface area contributed by atoms with Crippen LogP contribution in [0, 0.1) is 0 Å². The van der Waals surface area contributed by atoms with Crippen molar-refractivity contribution in [3.05, 3.63) is 53.6 Å². The third-order valence-electron chi connectivity index (χ3n) is 5.24. The smallest absolute Gasteiger partial charge is 0.387 e. The topological polar surface area (TPSA) is 93.7 Å². The summed E-state index contributed by atoms with van der Waals surface area (Å²) in [7, 11) is -2.46. The van der Waals surface area contributed by atoms with Gasteiger partial charge in [-0.2, -0.15) is 8.78 Å². The van der Waals surface area contributed by atoms with Crippen LogP contribution in [0.2, 0.25) is 0 Å². The van der Waals surface area contributed by atoms with Gasteiger partial charge in [0.05, 0.1) is 7.11 Å². The summed E-state index contributed by atoms with van der Waals surface area (Å²) < 4.78 is 62.3. The van der Waals surface area contributed by atoms with Gasteiger partial charge < -0.3 is 14.8 Å². The van der Waals surface area contributed by atoms with Crippen molar-refractivity contribution in [1.82, 2.24) is 10.0 Å². The second-order valence-corrected chi connectivity index (χ2v) is 9.18. The molecule has 0 atom stereocenters. The molecule has 2 aromatic rings. The van der Waals surface area contributed by atoms with Crippen molar-refractivity contribution in [2.24, 2.45) is 0 Å². The summed E-state index contributed by atoms with van der Waals surface area (Å²) in [6, 6.07) is 10.3. The van der Waals surface area contributed by atoms with Crippen molar-refractivity contribution in [2.75, 3.05) is 13.7 Å². The van der Waals surface area contributed by atoms with E-state index in [1.165, 1.54) is 37.4 Å². The van der Waals surface area contributed by atoms with E-state index >= 15 is 0 Å². The summed E-state index contributed by atoms with van der Waals surface area (Å²) in [5.74, 6) is -0.202. The number of halogens is 2. The summed E-state index contributed by atoms with van der Waals surface area (Å²) in [5.41, 5.74) is 1.02. The molecule has 10 heteroatoms. The lowest BCUT2D eigenvalue weighted by Crippen LogP contribution is -2.33. The highest BCUT2D eigenvalue weighted by molar-refractivity contribution is 7.89. The first-order valence-electron chi connectivity index (χ1n) is 10.3. The molecule has 0 bridgehead atoms. The molecule has 32 heavy (non-hydrogen) atoms. The van der Waals surface area contributed by atoms with Gasteiger partial charge >= 0.3 is 6.61 Å². The zero-order valence-electron chi connectivity index (χ0n) is 17.6. The average molecular weight is 469 g/mol. The van der Waals surface area contributed by atoms with Crippen molar-refractivity contribution in [1.29, 1.82) is 0 Å². The molecule has 1 fully saturated rings. The molecule has 0 spiro atoms. The molecule has 1 aliphatic rings. The lowest BCUT2D eigenvalue weighted by atomic mass is 10.1. The molecule has 1 saturated carbocycles. The molecule has 0 heterocycles. The monoisotopic (exact) mass is 468 g/mol. The molecule has 3 rings (SSSR count). The molecule has 2 aromatic carbocycles. The van der Waals surface area contributed by atoms with Gasteiger partial charge in [0, 0.05) is 18.2 Å². The maximum atomic E-state index is 12.9. The van der Waals surface area contributed by atoms with Crippen LogP contribution in [0.1, 0.15) is 41.6 Å². The predicted octanol–water partition coefficient (Wildman–Crippen LogP) is 3.49. The number of carbonyl (C=O) groups excluding carboxylic acids is 1. The van der Waals surface area contributed by atoms with Crippen LogP contribution in [-0.4, -0.2) is 40.6 Å². The number of sulfonamides is 1. The van der Waals surface area contributed by atoms with Crippen molar-refractivity contribution < 1.29 is 31.5 Å². The minimum Gasteiger partial charge on any atom is -0.495 e. The first-order chi connectivity index (χ1) is 15.3. The Bertz CT molecular complexity index is 1020. The van der Waals surface area contributed by atoms with E-state index in [-0.39, 0.29) is 34.5 Å². The van der Waals surface area contributed by atoms with Crippen molar-refractivity contribution in [2.45, 2.75) is 49.7 Å². The Morgan fingerprint density at radius 3 is 2.44 bits per heavy atom. The second kappa shape index (κ2) is 10.7. The van der Waals surface area contributed by atoms with E-state index in [1.807, 2.05) is 0 Å². The number of methoxy groups -OCH3 is 1. The van der Waals surface area contributed by atoms with Crippen LogP contribution in [0.4, 0.5) is 8.78 Å². The number of benzene rings is 2.